The minimum Gasteiger partial charge on any atom is -0.462 e. The Bertz CT molecular complexity index is 1040. The van der Waals surface area contributed by atoms with Crippen molar-refractivity contribution in [1.82, 2.24) is 5.32 Å². The van der Waals surface area contributed by atoms with Crippen LogP contribution in [-0.4, -0.2) is 55.2 Å². The number of rotatable bonds is 42. The molecule has 0 rings (SSSR count). The molecule has 328 valence electrons. The first-order chi connectivity index (χ1) is 27.2. The van der Waals surface area contributed by atoms with Gasteiger partial charge in [-0.2, -0.15) is 0 Å². The first-order valence-corrected chi connectivity index (χ1v) is 24.3. The lowest BCUT2D eigenvalue weighted by molar-refractivity contribution is -0.161. The number of amides is 1. The van der Waals surface area contributed by atoms with Crippen LogP contribution in [0.5, 0.6) is 0 Å². The third-order valence-corrected chi connectivity index (χ3v) is 10.6. The molecule has 2 unspecified atom stereocenters. The molecule has 0 aliphatic carbocycles. The quantitative estimate of drug-likeness (QED) is 0.0267. The Morgan fingerprint density at radius 2 is 0.964 bits per heavy atom. The number of hydrogen-bond donors (Lipinski definition) is 2. The van der Waals surface area contributed by atoms with Gasteiger partial charge in [-0.25, -0.2) is 4.57 Å². The van der Waals surface area contributed by atoms with Gasteiger partial charge in [0.15, 0.2) is 6.10 Å². The number of esters is 2. The Labute approximate surface area is 342 Å². The minimum atomic E-state index is -4.50. The van der Waals surface area contributed by atoms with Gasteiger partial charge in [0.2, 0.25) is 5.91 Å². The highest BCUT2D eigenvalue weighted by molar-refractivity contribution is 7.47. The van der Waals surface area contributed by atoms with Crippen molar-refractivity contribution in [2.75, 3.05) is 26.4 Å². The van der Waals surface area contributed by atoms with E-state index >= 15 is 0 Å². The molecule has 0 spiro atoms. The van der Waals surface area contributed by atoms with E-state index in [-0.39, 0.29) is 38.5 Å². The van der Waals surface area contributed by atoms with Crippen molar-refractivity contribution in [1.29, 1.82) is 0 Å². The van der Waals surface area contributed by atoms with Crippen molar-refractivity contribution in [2.45, 2.75) is 219 Å². The Morgan fingerprint density at radius 1 is 0.536 bits per heavy atom. The lowest BCUT2D eigenvalue weighted by atomic mass is 10.1. The average molecular weight is 814 g/mol. The summed E-state index contributed by atoms with van der Waals surface area (Å²) in [6.45, 7) is 5.43. The molecular weight excluding hydrogens is 729 g/mol. The molecular formula is C45H84NO9P. The fourth-order valence-corrected chi connectivity index (χ4v) is 6.93. The van der Waals surface area contributed by atoms with E-state index in [2.05, 4.69) is 43.5 Å². The second-order valence-electron chi connectivity index (χ2n) is 15.2. The number of hydrogen-bond acceptors (Lipinski definition) is 8. The molecule has 0 heterocycles. The van der Waals surface area contributed by atoms with Crippen LogP contribution >= 0.6 is 7.82 Å². The summed E-state index contributed by atoms with van der Waals surface area (Å²) in [5.41, 5.74) is 0. The fourth-order valence-electron chi connectivity index (χ4n) is 6.18. The number of ether oxygens (including phenoxy) is 2. The number of carbonyl (C=O) groups excluding carboxylic acids is 3. The number of allylic oxidation sites excluding steroid dienone is 4. The zero-order valence-corrected chi connectivity index (χ0v) is 37.0. The summed E-state index contributed by atoms with van der Waals surface area (Å²) in [5, 5.41) is 2.60. The lowest BCUT2D eigenvalue weighted by Gasteiger charge is -2.20. The van der Waals surface area contributed by atoms with E-state index < -0.39 is 32.5 Å². The molecule has 11 heteroatoms. The molecule has 0 aromatic heterocycles. The van der Waals surface area contributed by atoms with Crippen LogP contribution in [0.2, 0.25) is 0 Å². The Hall–Kier alpha value is -2.00. The van der Waals surface area contributed by atoms with Gasteiger partial charge in [-0.15, -0.1) is 0 Å². The molecule has 0 aliphatic heterocycles. The van der Waals surface area contributed by atoms with Crippen molar-refractivity contribution in [2.24, 2.45) is 0 Å². The number of unbranched alkanes of at least 4 members (excludes halogenated alkanes) is 22. The maximum atomic E-state index is 12.7. The largest absolute Gasteiger partial charge is 0.472 e. The smallest absolute Gasteiger partial charge is 0.462 e. The van der Waals surface area contributed by atoms with Gasteiger partial charge in [0, 0.05) is 25.8 Å². The second kappa shape index (κ2) is 41.2. The lowest BCUT2D eigenvalue weighted by Crippen LogP contribution is -2.30. The molecule has 0 radical (unpaired) electrons. The first kappa shape index (κ1) is 54.0. The molecule has 0 bridgehead atoms. The van der Waals surface area contributed by atoms with Crippen molar-refractivity contribution in [3.05, 3.63) is 24.3 Å². The Kier molecular flexibility index (Phi) is 39.7. The molecule has 0 aromatic rings. The molecule has 10 nitrogen and oxygen atoms in total. The normalized spacial score (nSPS) is 13.3. The summed E-state index contributed by atoms with van der Waals surface area (Å²) < 4.78 is 33.4. The highest BCUT2D eigenvalue weighted by atomic mass is 31.2. The molecule has 2 atom stereocenters. The summed E-state index contributed by atoms with van der Waals surface area (Å²) in [5.74, 6) is -1.06. The van der Waals surface area contributed by atoms with Crippen LogP contribution in [0.4, 0.5) is 0 Å². The molecule has 2 N–H and O–H groups in total. The van der Waals surface area contributed by atoms with Gasteiger partial charge in [-0.3, -0.25) is 23.4 Å². The number of carbonyl (C=O) groups is 3. The molecule has 0 saturated heterocycles. The van der Waals surface area contributed by atoms with Gasteiger partial charge in [-0.05, 0) is 70.6 Å². The molecule has 56 heavy (non-hydrogen) atoms. The summed E-state index contributed by atoms with van der Waals surface area (Å²) in [7, 11) is -4.50. The van der Waals surface area contributed by atoms with Gasteiger partial charge in [0.1, 0.15) is 6.61 Å². The van der Waals surface area contributed by atoms with Gasteiger partial charge >= 0.3 is 19.8 Å². The molecule has 0 saturated carbocycles. The summed E-state index contributed by atoms with van der Waals surface area (Å²) in [4.78, 5) is 46.9. The van der Waals surface area contributed by atoms with E-state index in [1.165, 1.54) is 89.9 Å². The van der Waals surface area contributed by atoms with Crippen LogP contribution < -0.4 is 5.32 Å². The van der Waals surface area contributed by atoms with Crippen LogP contribution in [0.3, 0.4) is 0 Å². The van der Waals surface area contributed by atoms with E-state index in [0.29, 0.717) is 25.7 Å². The fraction of sp³-hybridized carbons (Fsp3) is 0.844. The van der Waals surface area contributed by atoms with E-state index in [1.807, 2.05) is 6.92 Å². The summed E-state index contributed by atoms with van der Waals surface area (Å²) >= 11 is 0. The minimum absolute atomic E-state index is 0.0507. The third-order valence-electron chi connectivity index (χ3n) is 9.59. The molecule has 0 fully saturated rings. The van der Waals surface area contributed by atoms with Crippen LogP contribution in [0.1, 0.15) is 213 Å². The highest BCUT2D eigenvalue weighted by Gasteiger charge is 2.26. The van der Waals surface area contributed by atoms with E-state index in [4.69, 9.17) is 18.5 Å². The monoisotopic (exact) mass is 814 g/mol. The van der Waals surface area contributed by atoms with Gasteiger partial charge in [0.25, 0.3) is 0 Å². The molecule has 0 aliphatic rings. The number of nitrogens with one attached hydrogen (secondary N) is 1. The zero-order chi connectivity index (χ0) is 41.2. The Balaban J connectivity index is 4.45. The van der Waals surface area contributed by atoms with Crippen LogP contribution in [0.25, 0.3) is 0 Å². The predicted octanol–water partition coefficient (Wildman–Crippen LogP) is 12.6. The SMILES string of the molecule is CCCCCCCC/C=C\CCCCCCCC(=O)OCC(COP(=O)(O)OCCNC(=O)CCC)OC(=O)CCCCCCC/C=C\CCCCCCCC. The second-order valence-corrected chi connectivity index (χ2v) is 16.6. The van der Waals surface area contributed by atoms with Crippen molar-refractivity contribution >= 4 is 25.7 Å². The van der Waals surface area contributed by atoms with Crippen LogP contribution in [0.15, 0.2) is 24.3 Å². The van der Waals surface area contributed by atoms with Gasteiger partial charge in [-0.1, -0.05) is 148 Å². The van der Waals surface area contributed by atoms with E-state index in [1.54, 1.807) is 0 Å². The topological polar surface area (TPSA) is 137 Å². The molecule has 0 aromatic carbocycles. The Morgan fingerprint density at radius 3 is 1.43 bits per heavy atom. The first-order valence-electron chi connectivity index (χ1n) is 22.8. The zero-order valence-electron chi connectivity index (χ0n) is 36.1. The highest BCUT2D eigenvalue weighted by Crippen LogP contribution is 2.43. The average Bonchev–Trinajstić information content (AvgIpc) is 3.17. The molecule has 1 amide bonds. The predicted molar refractivity (Wildman–Crippen MR) is 229 cm³/mol. The summed E-state index contributed by atoms with van der Waals surface area (Å²) in [6.07, 6.45) is 39.8. The van der Waals surface area contributed by atoms with Crippen molar-refractivity contribution in [3.8, 4) is 0 Å². The van der Waals surface area contributed by atoms with Crippen LogP contribution in [-0.2, 0) is 37.5 Å². The van der Waals surface area contributed by atoms with Gasteiger partial charge < -0.3 is 19.7 Å². The van der Waals surface area contributed by atoms with Crippen LogP contribution in [0, 0.1) is 0 Å². The van der Waals surface area contributed by atoms with E-state index in [9.17, 15) is 23.8 Å². The van der Waals surface area contributed by atoms with Crippen molar-refractivity contribution < 1.29 is 42.4 Å². The summed E-state index contributed by atoms with van der Waals surface area (Å²) in [6, 6.07) is 0. The van der Waals surface area contributed by atoms with Gasteiger partial charge in [0.05, 0.1) is 13.2 Å². The number of phosphoric ester groups is 1. The standard InChI is InChI=1S/C45H84NO9P/c1-4-7-9-11-13-15-17-19-21-23-25-27-29-31-33-36-44(48)52-40-42(41-54-56(50,51)53-39-38-46-43(47)35-6-3)55-45(49)37-34-32-30-28-26-24-22-20-18-16-14-12-10-8-5-2/h19-22,42H,4-18,23-41H2,1-3H3,(H,46,47)(H,50,51)/b21-19-,22-20-. The number of phosphoric acid groups is 1. The maximum Gasteiger partial charge on any atom is 0.472 e. The van der Waals surface area contributed by atoms with Crippen molar-refractivity contribution in [3.63, 3.8) is 0 Å². The maximum absolute atomic E-state index is 12.7. The third kappa shape index (κ3) is 40.2. The van der Waals surface area contributed by atoms with E-state index in [0.717, 1.165) is 64.2 Å².